The fourth-order valence-electron chi connectivity index (χ4n) is 3.37. The number of hydrogen-bond acceptors (Lipinski definition) is 3. The van der Waals surface area contributed by atoms with Crippen LogP contribution in [0.3, 0.4) is 0 Å². The molecule has 0 aliphatic carbocycles. The van der Waals surface area contributed by atoms with Crippen molar-refractivity contribution in [3.63, 3.8) is 0 Å². The first-order chi connectivity index (χ1) is 13.6. The number of aryl methyl sites for hydroxylation is 3. The molecule has 2 N–H and O–H groups in total. The van der Waals surface area contributed by atoms with Crippen LogP contribution in [0.4, 0.5) is 0 Å². The fraction of sp³-hybridized carbons (Fsp3) is 0.125. The van der Waals surface area contributed by atoms with E-state index in [0.717, 1.165) is 34.9 Å². The van der Waals surface area contributed by atoms with Crippen LogP contribution in [-0.4, -0.2) is 15.9 Å². The monoisotopic (exact) mass is 367 g/mol. The largest absolute Gasteiger partial charge is 0.364 e. The van der Waals surface area contributed by atoms with E-state index in [2.05, 4.69) is 59.4 Å². The van der Waals surface area contributed by atoms with E-state index in [1.165, 1.54) is 16.7 Å². The Morgan fingerprint density at radius 2 is 1.61 bits per heavy atom. The molecule has 2 aromatic carbocycles. The first kappa shape index (κ1) is 17.9. The van der Waals surface area contributed by atoms with Gasteiger partial charge in [-0.1, -0.05) is 42.0 Å². The van der Waals surface area contributed by atoms with E-state index in [1.54, 1.807) is 6.07 Å². The predicted molar refractivity (Wildman–Crippen MR) is 112 cm³/mol. The highest BCUT2D eigenvalue weighted by Crippen LogP contribution is 2.30. The summed E-state index contributed by atoms with van der Waals surface area (Å²) in [6.45, 7) is 2.05. The Labute approximate surface area is 164 Å². The van der Waals surface area contributed by atoms with Crippen molar-refractivity contribution >= 4 is 16.8 Å². The molecule has 0 saturated carbocycles. The van der Waals surface area contributed by atoms with Crippen LogP contribution in [0, 0.1) is 6.92 Å². The summed E-state index contributed by atoms with van der Waals surface area (Å²) in [6.07, 6.45) is 5.44. The minimum Gasteiger partial charge on any atom is -0.364 e. The molecule has 0 aliphatic rings. The van der Waals surface area contributed by atoms with Crippen molar-refractivity contribution in [2.45, 2.75) is 19.8 Å². The zero-order valence-electron chi connectivity index (χ0n) is 15.7. The molecule has 4 nitrogen and oxygen atoms in total. The molecule has 0 fully saturated rings. The van der Waals surface area contributed by atoms with Crippen molar-refractivity contribution in [3.8, 4) is 11.1 Å². The molecule has 28 heavy (non-hydrogen) atoms. The van der Waals surface area contributed by atoms with E-state index >= 15 is 0 Å². The van der Waals surface area contributed by atoms with Crippen LogP contribution in [0.5, 0.6) is 0 Å². The van der Waals surface area contributed by atoms with Crippen LogP contribution in [0.1, 0.15) is 27.2 Å². The van der Waals surface area contributed by atoms with Crippen LogP contribution in [0.15, 0.2) is 73.1 Å². The number of pyridine rings is 2. The van der Waals surface area contributed by atoms with Crippen LogP contribution in [0.2, 0.25) is 0 Å². The number of carbonyl (C=O) groups is 1. The second-order valence-electron chi connectivity index (χ2n) is 6.99. The molecule has 4 rings (SSSR count). The lowest BCUT2D eigenvalue weighted by Gasteiger charge is -2.11. The van der Waals surface area contributed by atoms with Gasteiger partial charge in [0.2, 0.25) is 0 Å². The summed E-state index contributed by atoms with van der Waals surface area (Å²) in [5.74, 6) is -0.516. The number of nitrogens with two attached hydrogens (primary N) is 1. The Kier molecular flexibility index (Phi) is 4.85. The highest BCUT2D eigenvalue weighted by Gasteiger charge is 2.12. The predicted octanol–water partition coefficient (Wildman–Crippen LogP) is 4.49. The maximum atomic E-state index is 11.8. The second kappa shape index (κ2) is 7.61. The molecule has 0 bridgehead atoms. The first-order valence-corrected chi connectivity index (χ1v) is 9.29. The standard InChI is InChI=1S/C24H21N3O/c1-16-2-7-19(8-3-16)21-15-23(24(25)28)27-22-14-18(6-9-20(21)22)5-4-17-10-12-26-13-11-17/h2-3,6-15H,4-5H2,1H3,(H2,25,28). The third-order valence-electron chi connectivity index (χ3n) is 4.94. The Balaban J connectivity index is 1.75. The van der Waals surface area contributed by atoms with Gasteiger partial charge in [-0.25, -0.2) is 4.98 Å². The van der Waals surface area contributed by atoms with Gasteiger partial charge in [0, 0.05) is 17.8 Å². The Morgan fingerprint density at radius 1 is 0.893 bits per heavy atom. The zero-order valence-corrected chi connectivity index (χ0v) is 15.7. The third kappa shape index (κ3) is 3.76. The van der Waals surface area contributed by atoms with E-state index in [0.29, 0.717) is 0 Å². The molecule has 2 heterocycles. The van der Waals surface area contributed by atoms with E-state index < -0.39 is 5.91 Å². The van der Waals surface area contributed by atoms with Gasteiger partial charge in [0.1, 0.15) is 5.69 Å². The van der Waals surface area contributed by atoms with Gasteiger partial charge in [-0.2, -0.15) is 0 Å². The maximum Gasteiger partial charge on any atom is 0.267 e. The molecular formula is C24H21N3O. The minimum absolute atomic E-state index is 0.286. The van der Waals surface area contributed by atoms with E-state index in [1.807, 2.05) is 24.5 Å². The van der Waals surface area contributed by atoms with Crippen molar-refractivity contribution in [3.05, 3.63) is 95.4 Å². The summed E-state index contributed by atoms with van der Waals surface area (Å²) >= 11 is 0. The summed E-state index contributed by atoms with van der Waals surface area (Å²) in [5.41, 5.74) is 12.2. The SMILES string of the molecule is Cc1ccc(-c2cc(C(N)=O)nc3cc(CCc4ccncc4)ccc23)cc1. The number of aromatic nitrogens is 2. The fourth-order valence-corrected chi connectivity index (χ4v) is 3.37. The number of hydrogen-bond donors (Lipinski definition) is 1. The number of primary amides is 1. The molecule has 1 amide bonds. The van der Waals surface area contributed by atoms with Gasteiger partial charge in [0.15, 0.2) is 0 Å². The molecule has 4 aromatic rings. The normalized spacial score (nSPS) is 10.9. The third-order valence-corrected chi connectivity index (χ3v) is 4.94. The summed E-state index contributed by atoms with van der Waals surface area (Å²) in [5, 5.41) is 1.02. The molecule has 0 spiro atoms. The average Bonchev–Trinajstić information content (AvgIpc) is 2.72. The number of nitrogens with zero attached hydrogens (tertiary/aromatic N) is 2. The van der Waals surface area contributed by atoms with Crippen molar-refractivity contribution in [1.82, 2.24) is 9.97 Å². The minimum atomic E-state index is -0.516. The van der Waals surface area contributed by atoms with E-state index in [9.17, 15) is 4.79 Å². The maximum absolute atomic E-state index is 11.8. The van der Waals surface area contributed by atoms with Crippen molar-refractivity contribution < 1.29 is 4.79 Å². The average molecular weight is 367 g/mol. The first-order valence-electron chi connectivity index (χ1n) is 9.29. The molecule has 0 aliphatic heterocycles. The van der Waals surface area contributed by atoms with Gasteiger partial charge in [-0.15, -0.1) is 0 Å². The molecule has 0 unspecified atom stereocenters. The molecule has 138 valence electrons. The van der Waals surface area contributed by atoms with Crippen LogP contribution < -0.4 is 5.73 Å². The van der Waals surface area contributed by atoms with Gasteiger partial charge in [-0.3, -0.25) is 9.78 Å². The quantitative estimate of drug-likeness (QED) is 0.565. The van der Waals surface area contributed by atoms with Crippen molar-refractivity contribution in [1.29, 1.82) is 0 Å². The number of fused-ring (bicyclic) bond motifs is 1. The highest BCUT2D eigenvalue weighted by atomic mass is 16.1. The lowest BCUT2D eigenvalue weighted by Crippen LogP contribution is -2.13. The number of amides is 1. The number of carbonyl (C=O) groups excluding carboxylic acids is 1. The molecule has 0 atom stereocenters. The Bertz CT molecular complexity index is 1140. The van der Waals surface area contributed by atoms with Gasteiger partial charge < -0.3 is 5.73 Å². The summed E-state index contributed by atoms with van der Waals surface area (Å²) < 4.78 is 0. The highest BCUT2D eigenvalue weighted by molar-refractivity contribution is 6.00. The lowest BCUT2D eigenvalue weighted by atomic mass is 9.97. The number of benzene rings is 2. The van der Waals surface area contributed by atoms with Gasteiger partial charge in [0.05, 0.1) is 5.52 Å². The summed E-state index contributed by atoms with van der Waals surface area (Å²) in [4.78, 5) is 20.4. The van der Waals surface area contributed by atoms with Crippen LogP contribution in [-0.2, 0) is 12.8 Å². The smallest absolute Gasteiger partial charge is 0.267 e. The van der Waals surface area contributed by atoms with Gasteiger partial charge in [-0.05, 0) is 66.3 Å². The number of rotatable bonds is 5. The van der Waals surface area contributed by atoms with Crippen molar-refractivity contribution in [2.24, 2.45) is 5.73 Å². The lowest BCUT2D eigenvalue weighted by molar-refractivity contribution is 0.0996. The zero-order chi connectivity index (χ0) is 19.5. The van der Waals surface area contributed by atoms with Gasteiger partial charge in [0.25, 0.3) is 5.91 Å². The molecule has 2 aromatic heterocycles. The van der Waals surface area contributed by atoms with Gasteiger partial charge >= 0.3 is 0 Å². The topological polar surface area (TPSA) is 68.9 Å². The Hall–Kier alpha value is -3.53. The second-order valence-corrected chi connectivity index (χ2v) is 6.99. The van der Waals surface area contributed by atoms with Crippen LogP contribution >= 0.6 is 0 Å². The van der Waals surface area contributed by atoms with Crippen LogP contribution in [0.25, 0.3) is 22.0 Å². The summed E-state index contributed by atoms with van der Waals surface area (Å²) in [6, 6.07) is 20.4. The van der Waals surface area contributed by atoms with E-state index in [4.69, 9.17) is 5.73 Å². The molecular weight excluding hydrogens is 346 g/mol. The molecule has 4 heteroatoms. The van der Waals surface area contributed by atoms with Crippen molar-refractivity contribution in [2.75, 3.05) is 0 Å². The summed E-state index contributed by atoms with van der Waals surface area (Å²) in [7, 11) is 0. The molecule has 0 saturated heterocycles. The van der Waals surface area contributed by atoms with E-state index in [-0.39, 0.29) is 5.69 Å². The molecule has 0 radical (unpaired) electrons. The Morgan fingerprint density at radius 3 is 2.32 bits per heavy atom.